The normalized spacial score (nSPS) is 20.5. The minimum absolute atomic E-state index is 0.463. The maximum Gasteiger partial charge on any atom is 0.274 e. The molecule has 1 aliphatic rings. The summed E-state index contributed by atoms with van der Waals surface area (Å²) in [6.45, 7) is 7.13. The van der Waals surface area contributed by atoms with E-state index in [4.69, 9.17) is 5.14 Å². The summed E-state index contributed by atoms with van der Waals surface area (Å²) in [6.07, 6.45) is 3.21. The van der Waals surface area contributed by atoms with Crippen molar-refractivity contribution in [3.63, 3.8) is 0 Å². The van der Waals surface area contributed by atoms with Gasteiger partial charge in [0, 0.05) is 12.6 Å². The Morgan fingerprint density at radius 3 is 2.38 bits per heavy atom. The van der Waals surface area contributed by atoms with E-state index in [1.807, 2.05) is 0 Å². The molecule has 96 valence electrons. The predicted octanol–water partition coefficient (Wildman–Crippen LogP) is 0.290. The third-order valence-electron chi connectivity index (χ3n) is 3.24. The van der Waals surface area contributed by atoms with Crippen LogP contribution in [0.1, 0.15) is 33.1 Å². The quantitative estimate of drug-likeness (QED) is 0.735. The molecule has 0 unspecified atom stereocenters. The molecular formula is C10H23N3O2S. The van der Waals surface area contributed by atoms with Gasteiger partial charge in [0.1, 0.15) is 0 Å². The van der Waals surface area contributed by atoms with Gasteiger partial charge in [-0.25, -0.2) is 9.86 Å². The topological polar surface area (TPSA) is 75.4 Å². The minimum atomic E-state index is -3.51. The Hall–Kier alpha value is -0.170. The molecule has 0 bridgehead atoms. The van der Waals surface area contributed by atoms with Crippen molar-refractivity contribution in [1.29, 1.82) is 0 Å². The molecule has 6 heteroatoms. The molecular weight excluding hydrogens is 226 g/mol. The Morgan fingerprint density at radius 1 is 1.38 bits per heavy atom. The first-order chi connectivity index (χ1) is 7.38. The van der Waals surface area contributed by atoms with Crippen LogP contribution in [0.15, 0.2) is 0 Å². The average molecular weight is 249 g/mol. The van der Waals surface area contributed by atoms with Gasteiger partial charge in [0.25, 0.3) is 10.2 Å². The molecule has 1 rings (SSSR count). The number of rotatable bonds is 5. The molecule has 1 saturated heterocycles. The zero-order valence-corrected chi connectivity index (χ0v) is 11.0. The lowest BCUT2D eigenvalue weighted by atomic mass is 9.93. The zero-order chi connectivity index (χ0) is 12.2. The van der Waals surface area contributed by atoms with Crippen LogP contribution in [-0.2, 0) is 10.2 Å². The molecule has 3 N–H and O–H groups in total. The molecule has 0 amide bonds. The van der Waals surface area contributed by atoms with Crippen molar-refractivity contribution in [3.8, 4) is 0 Å². The smallest absolute Gasteiger partial charge is 0.274 e. The SMILES string of the molecule is CC(C)N1CCC(CCNS(N)(=O)=O)CC1. The lowest BCUT2D eigenvalue weighted by Crippen LogP contribution is -2.39. The van der Waals surface area contributed by atoms with E-state index in [9.17, 15) is 8.42 Å². The number of likely N-dealkylation sites (tertiary alicyclic amines) is 1. The van der Waals surface area contributed by atoms with E-state index < -0.39 is 10.2 Å². The Kier molecular flexibility index (Phi) is 5.17. The van der Waals surface area contributed by atoms with E-state index in [1.54, 1.807) is 0 Å². The third kappa shape index (κ3) is 5.25. The molecule has 1 aliphatic heterocycles. The van der Waals surface area contributed by atoms with E-state index in [1.165, 1.54) is 0 Å². The number of hydrogen-bond acceptors (Lipinski definition) is 3. The van der Waals surface area contributed by atoms with Gasteiger partial charge in [-0.2, -0.15) is 8.42 Å². The van der Waals surface area contributed by atoms with Gasteiger partial charge in [-0.05, 0) is 52.1 Å². The average Bonchev–Trinajstić information content (AvgIpc) is 2.16. The first-order valence-corrected chi connectivity index (χ1v) is 7.44. The second-order valence-electron chi connectivity index (χ2n) is 4.80. The summed E-state index contributed by atoms with van der Waals surface area (Å²) in [5.41, 5.74) is 0. The fourth-order valence-electron chi connectivity index (χ4n) is 2.16. The van der Waals surface area contributed by atoms with Crippen molar-refractivity contribution in [3.05, 3.63) is 0 Å². The molecule has 0 aromatic carbocycles. The first kappa shape index (κ1) is 13.9. The molecule has 0 aromatic heterocycles. The van der Waals surface area contributed by atoms with Gasteiger partial charge in [0.05, 0.1) is 0 Å². The monoisotopic (exact) mass is 249 g/mol. The fourth-order valence-corrected chi connectivity index (χ4v) is 2.57. The summed E-state index contributed by atoms with van der Waals surface area (Å²) in [5.74, 6) is 0.629. The van der Waals surface area contributed by atoms with Crippen LogP contribution in [-0.4, -0.2) is 39.0 Å². The largest absolute Gasteiger partial charge is 0.301 e. The van der Waals surface area contributed by atoms with Gasteiger partial charge in [-0.3, -0.25) is 0 Å². The zero-order valence-electron chi connectivity index (χ0n) is 10.1. The van der Waals surface area contributed by atoms with Gasteiger partial charge in [-0.15, -0.1) is 0 Å². The minimum Gasteiger partial charge on any atom is -0.301 e. The summed E-state index contributed by atoms with van der Waals surface area (Å²) >= 11 is 0. The van der Waals surface area contributed by atoms with E-state index >= 15 is 0 Å². The van der Waals surface area contributed by atoms with E-state index in [0.717, 1.165) is 32.4 Å². The second kappa shape index (κ2) is 5.95. The molecule has 1 heterocycles. The Bertz CT molecular complexity index is 295. The Labute approximate surface area is 98.6 Å². The highest BCUT2D eigenvalue weighted by Gasteiger charge is 2.20. The highest BCUT2D eigenvalue weighted by atomic mass is 32.2. The first-order valence-electron chi connectivity index (χ1n) is 5.90. The molecule has 16 heavy (non-hydrogen) atoms. The second-order valence-corrected chi connectivity index (χ2v) is 6.18. The Balaban J connectivity index is 2.18. The summed E-state index contributed by atoms with van der Waals surface area (Å²) in [7, 11) is -3.51. The van der Waals surface area contributed by atoms with Gasteiger partial charge in [0.15, 0.2) is 0 Å². The van der Waals surface area contributed by atoms with Crippen LogP contribution in [0.2, 0.25) is 0 Å². The predicted molar refractivity (Wildman–Crippen MR) is 65.2 cm³/mol. The summed E-state index contributed by atoms with van der Waals surface area (Å²) in [6, 6.07) is 0.614. The van der Waals surface area contributed by atoms with E-state index in [2.05, 4.69) is 23.5 Å². The molecule has 0 spiro atoms. The van der Waals surface area contributed by atoms with Crippen molar-refractivity contribution in [1.82, 2.24) is 9.62 Å². The van der Waals surface area contributed by atoms with Crippen LogP contribution < -0.4 is 9.86 Å². The molecule has 0 saturated carbocycles. The molecule has 0 aliphatic carbocycles. The van der Waals surface area contributed by atoms with Crippen LogP contribution >= 0.6 is 0 Å². The summed E-state index contributed by atoms with van der Waals surface area (Å²) < 4.78 is 23.7. The molecule has 0 radical (unpaired) electrons. The van der Waals surface area contributed by atoms with Crippen LogP contribution in [0.4, 0.5) is 0 Å². The number of piperidine rings is 1. The van der Waals surface area contributed by atoms with E-state index in [0.29, 0.717) is 18.5 Å². The molecule has 0 atom stereocenters. The third-order valence-corrected chi connectivity index (χ3v) is 3.84. The van der Waals surface area contributed by atoms with Crippen LogP contribution in [0, 0.1) is 5.92 Å². The maximum absolute atomic E-state index is 10.7. The van der Waals surface area contributed by atoms with Gasteiger partial charge < -0.3 is 4.90 Å². The highest BCUT2D eigenvalue weighted by Crippen LogP contribution is 2.21. The molecule has 5 nitrogen and oxygen atoms in total. The number of nitrogens with two attached hydrogens (primary N) is 1. The van der Waals surface area contributed by atoms with Crippen LogP contribution in [0.25, 0.3) is 0 Å². The standard InChI is InChI=1S/C10H23N3O2S/c1-9(2)13-7-4-10(5-8-13)3-6-12-16(11,14)15/h9-10,12H,3-8H2,1-2H3,(H2,11,14,15). The van der Waals surface area contributed by atoms with Gasteiger partial charge >= 0.3 is 0 Å². The van der Waals surface area contributed by atoms with Crippen molar-refractivity contribution in [2.24, 2.45) is 11.1 Å². The maximum atomic E-state index is 10.7. The van der Waals surface area contributed by atoms with Crippen molar-refractivity contribution >= 4 is 10.2 Å². The van der Waals surface area contributed by atoms with Crippen LogP contribution in [0.5, 0.6) is 0 Å². The van der Waals surface area contributed by atoms with Gasteiger partial charge in [-0.1, -0.05) is 0 Å². The molecule has 1 fully saturated rings. The van der Waals surface area contributed by atoms with Crippen molar-refractivity contribution in [2.75, 3.05) is 19.6 Å². The summed E-state index contributed by atoms with van der Waals surface area (Å²) in [5, 5.41) is 4.87. The molecule has 0 aromatic rings. The number of hydrogen-bond donors (Lipinski definition) is 2. The lowest BCUT2D eigenvalue weighted by molar-refractivity contribution is 0.146. The number of nitrogens with zero attached hydrogens (tertiary/aromatic N) is 1. The fraction of sp³-hybridized carbons (Fsp3) is 1.00. The lowest BCUT2D eigenvalue weighted by Gasteiger charge is -2.34. The Morgan fingerprint density at radius 2 is 1.94 bits per heavy atom. The van der Waals surface area contributed by atoms with Gasteiger partial charge in [0.2, 0.25) is 0 Å². The highest BCUT2D eigenvalue weighted by molar-refractivity contribution is 7.87. The van der Waals surface area contributed by atoms with Crippen LogP contribution in [0.3, 0.4) is 0 Å². The summed E-state index contributed by atoms with van der Waals surface area (Å²) in [4.78, 5) is 2.46. The van der Waals surface area contributed by atoms with E-state index in [-0.39, 0.29) is 0 Å². The number of nitrogens with one attached hydrogen (secondary N) is 1. The van der Waals surface area contributed by atoms with Crippen molar-refractivity contribution < 1.29 is 8.42 Å². The van der Waals surface area contributed by atoms with Crippen molar-refractivity contribution in [2.45, 2.75) is 39.2 Å².